The minimum Gasteiger partial charge on any atom is -0.378 e. The highest BCUT2D eigenvalue weighted by atomic mass is 16.5. The molecule has 2 rings (SSSR count). The summed E-state index contributed by atoms with van der Waals surface area (Å²) < 4.78 is 5.69. The van der Waals surface area contributed by atoms with E-state index in [1.165, 1.54) is 0 Å². The second kappa shape index (κ2) is 7.30. The average Bonchev–Trinajstić information content (AvgIpc) is 2.52. The van der Waals surface area contributed by atoms with E-state index in [-0.39, 0.29) is 16.9 Å². The van der Waals surface area contributed by atoms with Crippen molar-refractivity contribution in [3.05, 3.63) is 0 Å². The van der Waals surface area contributed by atoms with Gasteiger partial charge in [-0.15, -0.1) is 0 Å². The quantitative estimate of drug-likeness (QED) is 0.805. The van der Waals surface area contributed by atoms with Gasteiger partial charge in [0.15, 0.2) is 0 Å². The van der Waals surface area contributed by atoms with Crippen molar-refractivity contribution in [2.24, 2.45) is 5.41 Å². The molecule has 5 heteroatoms. The molecule has 1 aliphatic heterocycles. The summed E-state index contributed by atoms with van der Waals surface area (Å²) in [5.41, 5.74) is -0.0362. The second-order valence-electron chi connectivity index (χ2n) is 8.76. The molecule has 2 aliphatic rings. The van der Waals surface area contributed by atoms with Crippen LogP contribution in [0.2, 0.25) is 0 Å². The van der Waals surface area contributed by atoms with Gasteiger partial charge in [-0.1, -0.05) is 13.8 Å². The first-order valence-corrected chi connectivity index (χ1v) is 9.39. The van der Waals surface area contributed by atoms with E-state index in [1.807, 2.05) is 0 Å². The van der Waals surface area contributed by atoms with Gasteiger partial charge in [-0.25, -0.2) is 0 Å². The van der Waals surface area contributed by atoms with Crippen molar-refractivity contribution < 1.29 is 9.53 Å². The Morgan fingerprint density at radius 2 is 1.88 bits per heavy atom. The second-order valence-corrected chi connectivity index (χ2v) is 8.76. The van der Waals surface area contributed by atoms with Gasteiger partial charge in [0, 0.05) is 43.7 Å². The Kier molecular flexibility index (Phi) is 5.99. The molecule has 0 aromatic rings. The third-order valence-corrected chi connectivity index (χ3v) is 6.78. The fourth-order valence-corrected chi connectivity index (χ4v) is 4.33. The van der Waals surface area contributed by atoms with Crippen LogP contribution in [0.15, 0.2) is 0 Å². The SMILES string of the molecule is COC1(C)CC(N(C)CC(=O)NC2CCN(C(C)C)CC2)C1(C)C. The highest BCUT2D eigenvalue weighted by molar-refractivity contribution is 5.78. The van der Waals surface area contributed by atoms with E-state index in [1.54, 1.807) is 7.11 Å². The van der Waals surface area contributed by atoms with E-state index in [0.717, 1.165) is 32.4 Å². The molecule has 0 bridgehead atoms. The first kappa shape index (κ1) is 19.7. The van der Waals surface area contributed by atoms with Crippen LogP contribution in [0.5, 0.6) is 0 Å². The van der Waals surface area contributed by atoms with Gasteiger partial charge in [0.05, 0.1) is 12.1 Å². The van der Waals surface area contributed by atoms with Crippen LogP contribution in [0, 0.1) is 5.41 Å². The predicted octanol–water partition coefficient (Wildman–Crippen LogP) is 2.11. The van der Waals surface area contributed by atoms with Gasteiger partial charge in [0.25, 0.3) is 0 Å². The first-order chi connectivity index (χ1) is 11.1. The summed E-state index contributed by atoms with van der Waals surface area (Å²) in [5, 5.41) is 3.24. The summed E-state index contributed by atoms with van der Waals surface area (Å²) in [6.07, 6.45) is 3.10. The number of amides is 1. The average molecular weight is 340 g/mol. The van der Waals surface area contributed by atoms with E-state index < -0.39 is 0 Å². The molecule has 1 heterocycles. The zero-order valence-corrected chi connectivity index (χ0v) is 16.7. The topological polar surface area (TPSA) is 44.8 Å². The number of piperidine rings is 1. The van der Waals surface area contributed by atoms with E-state index in [4.69, 9.17) is 4.74 Å². The Morgan fingerprint density at radius 1 is 1.29 bits per heavy atom. The summed E-state index contributed by atoms with van der Waals surface area (Å²) in [4.78, 5) is 17.1. The molecule has 0 aromatic carbocycles. The van der Waals surface area contributed by atoms with Gasteiger partial charge in [-0.05, 0) is 47.1 Å². The monoisotopic (exact) mass is 339 g/mol. The number of likely N-dealkylation sites (N-methyl/N-ethyl adjacent to an activating group) is 1. The molecular formula is C19H37N3O2. The molecule has 0 radical (unpaired) electrons. The Bertz CT molecular complexity index is 444. The molecule has 140 valence electrons. The summed E-state index contributed by atoms with van der Waals surface area (Å²) in [6.45, 7) is 13.8. The normalized spacial score (nSPS) is 31.3. The van der Waals surface area contributed by atoms with Gasteiger partial charge in [0.1, 0.15) is 0 Å². The number of nitrogens with zero attached hydrogens (tertiary/aromatic N) is 2. The molecule has 5 nitrogen and oxygen atoms in total. The van der Waals surface area contributed by atoms with Crippen molar-refractivity contribution in [2.45, 2.75) is 77.6 Å². The van der Waals surface area contributed by atoms with E-state index in [0.29, 0.717) is 24.7 Å². The van der Waals surface area contributed by atoms with Crippen molar-refractivity contribution >= 4 is 5.91 Å². The lowest BCUT2D eigenvalue weighted by Gasteiger charge is -2.61. The van der Waals surface area contributed by atoms with Crippen molar-refractivity contribution in [3.8, 4) is 0 Å². The van der Waals surface area contributed by atoms with Gasteiger partial charge in [-0.2, -0.15) is 0 Å². The number of carbonyl (C=O) groups excluding carboxylic acids is 1. The van der Waals surface area contributed by atoms with Crippen LogP contribution in [0.25, 0.3) is 0 Å². The third kappa shape index (κ3) is 3.78. The molecule has 1 amide bonds. The fourth-order valence-electron chi connectivity index (χ4n) is 4.33. The van der Waals surface area contributed by atoms with E-state index in [9.17, 15) is 4.79 Å². The van der Waals surface area contributed by atoms with Gasteiger partial charge in [0.2, 0.25) is 5.91 Å². The van der Waals surface area contributed by atoms with Crippen molar-refractivity contribution in [3.63, 3.8) is 0 Å². The van der Waals surface area contributed by atoms with Crippen LogP contribution in [0.4, 0.5) is 0 Å². The fraction of sp³-hybridized carbons (Fsp3) is 0.947. The number of likely N-dealkylation sites (tertiary alicyclic amines) is 1. The maximum Gasteiger partial charge on any atom is 0.234 e. The molecule has 2 unspecified atom stereocenters. The first-order valence-electron chi connectivity index (χ1n) is 9.39. The lowest BCUT2D eigenvalue weighted by atomic mass is 9.55. The number of hydrogen-bond acceptors (Lipinski definition) is 4. The van der Waals surface area contributed by atoms with E-state index in [2.05, 4.69) is 56.8 Å². The summed E-state index contributed by atoms with van der Waals surface area (Å²) in [5.74, 6) is 0.155. The van der Waals surface area contributed by atoms with Crippen LogP contribution < -0.4 is 5.32 Å². The minimum atomic E-state index is -0.0912. The van der Waals surface area contributed by atoms with Gasteiger partial charge < -0.3 is 15.0 Å². The van der Waals surface area contributed by atoms with Gasteiger partial charge in [-0.3, -0.25) is 9.69 Å². The van der Waals surface area contributed by atoms with Crippen LogP contribution in [-0.2, 0) is 9.53 Å². The summed E-state index contributed by atoms with van der Waals surface area (Å²) >= 11 is 0. The molecule has 0 aromatic heterocycles. The highest BCUT2D eigenvalue weighted by Crippen LogP contribution is 2.53. The Hall–Kier alpha value is -0.650. The van der Waals surface area contributed by atoms with Gasteiger partial charge >= 0.3 is 0 Å². The van der Waals surface area contributed by atoms with Crippen LogP contribution in [0.1, 0.15) is 53.9 Å². The number of ether oxygens (including phenoxy) is 1. The molecule has 1 saturated carbocycles. The Labute approximate surface area is 148 Å². The number of methoxy groups -OCH3 is 1. The van der Waals surface area contributed by atoms with Crippen molar-refractivity contribution in [1.82, 2.24) is 15.1 Å². The maximum atomic E-state index is 12.4. The lowest BCUT2D eigenvalue weighted by molar-refractivity contribution is -0.205. The largest absolute Gasteiger partial charge is 0.378 e. The molecule has 1 aliphatic carbocycles. The van der Waals surface area contributed by atoms with Crippen LogP contribution in [-0.4, -0.2) is 73.2 Å². The molecule has 1 N–H and O–H groups in total. The number of hydrogen-bond donors (Lipinski definition) is 1. The van der Waals surface area contributed by atoms with Crippen molar-refractivity contribution in [2.75, 3.05) is 33.8 Å². The number of carbonyl (C=O) groups is 1. The molecule has 0 spiro atoms. The smallest absolute Gasteiger partial charge is 0.234 e. The lowest BCUT2D eigenvalue weighted by Crippen LogP contribution is -2.68. The predicted molar refractivity (Wildman–Crippen MR) is 98.1 cm³/mol. The Morgan fingerprint density at radius 3 is 2.33 bits per heavy atom. The molecule has 2 atom stereocenters. The molecule has 1 saturated heterocycles. The van der Waals surface area contributed by atoms with Crippen LogP contribution in [0.3, 0.4) is 0 Å². The molecule has 24 heavy (non-hydrogen) atoms. The minimum absolute atomic E-state index is 0.0549. The van der Waals surface area contributed by atoms with E-state index >= 15 is 0 Å². The Balaban J connectivity index is 1.77. The zero-order valence-electron chi connectivity index (χ0n) is 16.7. The summed E-state index contributed by atoms with van der Waals surface area (Å²) in [6, 6.07) is 1.32. The zero-order chi connectivity index (χ0) is 18.1. The summed E-state index contributed by atoms with van der Waals surface area (Å²) in [7, 11) is 3.84. The third-order valence-electron chi connectivity index (χ3n) is 6.78. The molecule has 2 fully saturated rings. The van der Waals surface area contributed by atoms with Crippen LogP contribution >= 0.6 is 0 Å². The number of rotatable bonds is 6. The standard InChI is InChI=1S/C19H37N3O2/c1-14(2)22-10-8-15(9-11-22)20-17(23)13-21(6)16-12-19(5,24-7)18(16,3)4/h14-16H,8-13H2,1-7H3,(H,20,23). The number of nitrogens with one attached hydrogen (secondary N) is 1. The molecular weight excluding hydrogens is 302 g/mol. The maximum absolute atomic E-state index is 12.4. The van der Waals surface area contributed by atoms with Crippen molar-refractivity contribution in [1.29, 1.82) is 0 Å². The highest BCUT2D eigenvalue weighted by Gasteiger charge is 2.59.